The van der Waals surface area contributed by atoms with Crippen LogP contribution >= 0.6 is 0 Å². The van der Waals surface area contributed by atoms with Crippen LogP contribution in [0.15, 0.2) is 60.8 Å². The van der Waals surface area contributed by atoms with Gasteiger partial charge in [0.1, 0.15) is 13.2 Å². The highest BCUT2D eigenvalue weighted by atomic mass is 16.6. The van der Waals surface area contributed by atoms with Crippen molar-refractivity contribution >= 4 is 17.9 Å². The van der Waals surface area contributed by atoms with Gasteiger partial charge in [-0.1, -0.05) is 306 Å². The fourth-order valence-corrected chi connectivity index (χ4v) is 9.79. The van der Waals surface area contributed by atoms with Crippen molar-refractivity contribution in [2.75, 3.05) is 13.2 Å². The first kappa shape index (κ1) is 73.1. The van der Waals surface area contributed by atoms with Crippen molar-refractivity contribution in [1.82, 2.24) is 0 Å². The van der Waals surface area contributed by atoms with E-state index in [9.17, 15) is 14.4 Å². The van der Waals surface area contributed by atoms with Gasteiger partial charge in [-0.2, -0.15) is 0 Å². The molecule has 0 aromatic rings. The van der Waals surface area contributed by atoms with Crippen molar-refractivity contribution in [3.8, 4) is 0 Å². The standard InChI is InChI=1S/C70H126O6/c1-4-7-10-13-16-19-21-23-25-27-29-31-32-33-34-35-36-37-38-40-41-43-45-47-49-51-54-57-60-63-69(72)75-66-67(65-74-68(71)62-59-56-53-18-15-12-9-6-3)76-70(73)64-61-58-55-52-50-48-46-44-42-39-30-28-26-24-22-20-17-14-11-8-5-2/h8,11,17,20,24,26-27,29-30,39,67H,4-7,9-10,12-16,18-19,21-23,25,28,31-38,40-66H2,1-3H3/b11-8-,20-17-,26-24-,29-27-,39-30-. The maximum Gasteiger partial charge on any atom is 0.306 e. The van der Waals surface area contributed by atoms with Crippen LogP contribution < -0.4 is 0 Å². The normalized spacial score (nSPS) is 12.4. The van der Waals surface area contributed by atoms with Crippen molar-refractivity contribution in [2.24, 2.45) is 0 Å². The number of hydrogen-bond acceptors (Lipinski definition) is 6. The van der Waals surface area contributed by atoms with Gasteiger partial charge in [-0.15, -0.1) is 0 Å². The molecule has 6 nitrogen and oxygen atoms in total. The highest BCUT2D eigenvalue weighted by molar-refractivity contribution is 5.71. The van der Waals surface area contributed by atoms with Crippen molar-refractivity contribution in [2.45, 2.75) is 354 Å². The molecule has 1 atom stereocenters. The summed E-state index contributed by atoms with van der Waals surface area (Å²) in [6.45, 7) is 6.54. The minimum absolute atomic E-state index is 0.0738. The van der Waals surface area contributed by atoms with Gasteiger partial charge in [-0.3, -0.25) is 14.4 Å². The number of rotatable bonds is 61. The first-order valence-corrected chi connectivity index (χ1v) is 33.3. The van der Waals surface area contributed by atoms with Crippen LogP contribution in [0.25, 0.3) is 0 Å². The molecule has 0 aliphatic rings. The van der Waals surface area contributed by atoms with E-state index in [4.69, 9.17) is 14.2 Å². The number of hydrogen-bond donors (Lipinski definition) is 0. The maximum absolute atomic E-state index is 12.9. The molecule has 0 saturated carbocycles. The lowest BCUT2D eigenvalue weighted by molar-refractivity contribution is -0.167. The Labute approximate surface area is 472 Å². The Hall–Kier alpha value is -2.89. The van der Waals surface area contributed by atoms with Gasteiger partial charge in [-0.05, 0) is 83.5 Å². The molecule has 442 valence electrons. The van der Waals surface area contributed by atoms with E-state index in [0.717, 1.165) is 89.9 Å². The summed E-state index contributed by atoms with van der Waals surface area (Å²) in [6, 6.07) is 0. The third kappa shape index (κ3) is 62.0. The highest BCUT2D eigenvalue weighted by Gasteiger charge is 2.19. The van der Waals surface area contributed by atoms with Crippen LogP contribution in [-0.4, -0.2) is 37.2 Å². The van der Waals surface area contributed by atoms with Gasteiger partial charge in [0, 0.05) is 19.3 Å². The zero-order valence-corrected chi connectivity index (χ0v) is 50.8. The molecule has 0 aliphatic carbocycles. The number of ether oxygens (including phenoxy) is 3. The van der Waals surface area contributed by atoms with E-state index in [1.54, 1.807) is 0 Å². The lowest BCUT2D eigenvalue weighted by Gasteiger charge is -2.18. The Kier molecular flexibility index (Phi) is 62.2. The summed E-state index contributed by atoms with van der Waals surface area (Å²) in [5.41, 5.74) is 0. The van der Waals surface area contributed by atoms with E-state index in [-0.39, 0.29) is 31.1 Å². The summed E-state index contributed by atoms with van der Waals surface area (Å²) >= 11 is 0. The van der Waals surface area contributed by atoms with Crippen LogP contribution in [0.1, 0.15) is 348 Å². The third-order valence-electron chi connectivity index (χ3n) is 14.8. The van der Waals surface area contributed by atoms with Gasteiger partial charge in [0.15, 0.2) is 6.10 Å². The van der Waals surface area contributed by atoms with Crippen molar-refractivity contribution in [3.63, 3.8) is 0 Å². The molecule has 0 aliphatic heterocycles. The maximum atomic E-state index is 12.9. The second-order valence-corrected chi connectivity index (χ2v) is 22.4. The summed E-state index contributed by atoms with van der Waals surface area (Å²) in [5.74, 6) is -0.869. The van der Waals surface area contributed by atoms with E-state index in [1.165, 1.54) is 218 Å². The van der Waals surface area contributed by atoms with E-state index in [1.807, 2.05) is 0 Å². The lowest BCUT2D eigenvalue weighted by atomic mass is 10.0. The molecule has 0 aromatic heterocycles. The highest BCUT2D eigenvalue weighted by Crippen LogP contribution is 2.17. The molecule has 76 heavy (non-hydrogen) atoms. The molecule has 0 saturated heterocycles. The number of esters is 3. The summed E-state index contributed by atoms with van der Waals surface area (Å²) in [5, 5.41) is 0. The molecule has 0 rings (SSSR count). The van der Waals surface area contributed by atoms with Gasteiger partial charge in [-0.25, -0.2) is 0 Å². The smallest absolute Gasteiger partial charge is 0.306 e. The SMILES string of the molecule is CC/C=C\C/C=C\C/C=C\C/C=C\CCCCCCCCCCC(=O)OC(COC(=O)CCCCCCCCCC)COC(=O)CCCCCCCCCCCCCCCCCCC/C=C\CCCCCCCCCC. The lowest BCUT2D eigenvalue weighted by Crippen LogP contribution is -2.30. The topological polar surface area (TPSA) is 78.9 Å². The van der Waals surface area contributed by atoms with E-state index < -0.39 is 6.10 Å². The van der Waals surface area contributed by atoms with Gasteiger partial charge >= 0.3 is 17.9 Å². The molecule has 0 N–H and O–H groups in total. The summed E-state index contributed by atoms with van der Waals surface area (Å²) in [4.78, 5) is 38.2. The average molecular weight is 1060 g/mol. The Bertz CT molecular complexity index is 1360. The van der Waals surface area contributed by atoms with Gasteiger partial charge in [0.25, 0.3) is 0 Å². The van der Waals surface area contributed by atoms with Crippen LogP contribution in [0.5, 0.6) is 0 Å². The molecule has 0 bridgehead atoms. The molecule has 0 amide bonds. The molecule has 0 aromatic carbocycles. The fourth-order valence-electron chi connectivity index (χ4n) is 9.79. The minimum atomic E-state index is -0.776. The largest absolute Gasteiger partial charge is 0.462 e. The van der Waals surface area contributed by atoms with E-state index >= 15 is 0 Å². The predicted octanol–water partition coefficient (Wildman–Crippen LogP) is 22.7. The average Bonchev–Trinajstić information content (AvgIpc) is 3.42. The molecule has 0 radical (unpaired) electrons. The first-order chi connectivity index (χ1) is 37.5. The predicted molar refractivity (Wildman–Crippen MR) is 330 cm³/mol. The van der Waals surface area contributed by atoms with Crippen molar-refractivity contribution < 1.29 is 28.6 Å². The van der Waals surface area contributed by atoms with E-state index in [2.05, 4.69) is 81.5 Å². The zero-order valence-electron chi connectivity index (χ0n) is 50.8. The van der Waals surface area contributed by atoms with E-state index in [0.29, 0.717) is 19.3 Å². The first-order valence-electron chi connectivity index (χ1n) is 33.3. The van der Waals surface area contributed by atoms with Crippen LogP contribution in [0.4, 0.5) is 0 Å². The monoisotopic (exact) mass is 1060 g/mol. The molecule has 0 heterocycles. The number of carbonyl (C=O) groups is 3. The molecule has 0 spiro atoms. The Morgan fingerprint density at radius 1 is 0.276 bits per heavy atom. The molecular formula is C70H126O6. The summed E-state index contributed by atoms with van der Waals surface area (Å²) in [6.07, 6.45) is 82.6. The molecule has 1 unspecified atom stereocenters. The molecular weight excluding hydrogens is 937 g/mol. The second kappa shape index (κ2) is 64.6. The fraction of sp³-hybridized carbons (Fsp3) is 0.814. The minimum Gasteiger partial charge on any atom is -0.462 e. The Morgan fingerprint density at radius 2 is 0.513 bits per heavy atom. The quantitative estimate of drug-likeness (QED) is 0.0261. The van der Waals surface area contributed by atoms with Crippen LogP contribution in [0.3, 0.4) is 0 Å². The molecule has 6 heteroatoms. The summed E-state index contributed by atoms with van der Waals surface area (Å²) < 4.78 is 16.9. The summed E-state index contributed by atoms with van der Waals surface area (Å²) in [7, 11) is 0. The van der Waals surface area contributed by atoms with Gasteiger partial charge < -0.3 is 14.2 Å². The van der Waals surface area contributed by atoms with Crippen LogP contribution in [0.2, 0.25) is 0 Å². The van der Waals surface area contributed by atoms with Gasteiger partial charge in [0.05, 0.1) is 0 Å². The van der Waals surface area contributed by atoms with Crippen LogP contribution in [-0.2, 0) is 28.6 Å². The number of unbranched alkanes of at least 4 members (excludes halogenated alkanes) is 40. The Morgan fingerprint density at radius 3 is 0.816 bits per heavy atom. The van der Waals surface area contributed by atoms with Crippen LogP contribution in [0, 0.1) is 0 Å². The number of allylic oxidation sites excluding steroid dienone is 10. The molecule has 0 fully saturated rings. The zero-order chi connectivity index (χ0) is 55.0. The van der Waals surface area contributed by atoms with Gasteiger partial charge in [0.2, 0.25) is 0 Å². The van der Waals surface area contributed by atoms with Crippen molar-refractivity contribution in [3.05, 3.63) is 60.8 Å². The Balaban J connectivity index is 4.10. The third-order valence-corrected chi connectivity index (χ3v) is 14.8. The van der Waals surface area contributed by atoms with Crippen molar-refractivity contribution in [1.29, 1.82) is 0 Å². The number of carbonyl (C=O) groups excluding carboxylic acids is 3. The second-order valence-electron chi connectivity index (χ2n) is 22.4.